The first-order valence-electron chi connectivity index (χ1n) is 3.87. The van der Waals surface area contributed by atoms with Crippen molar-refractivity contribution in [2.45, 2.75) is 20.3 Å². The quantitative estimate of drug-likeness (QED) is 0.562. The Labute approximate surface area is 76.6 Å². The van der Waals surface area contributed by atoms with E-state index in [1.807, 2.05) is 19.9 Å². The predicted octanol–water partition coefficient (Wildman–Crippen LogP) is 2.65. The second-order valence-corrected chi connectivity index (χ2v) is 3.09. The van der Waals surface area contributed by atoms with E-state index in [1.165, 1.54) is 0 Å². The highest BCUT2D eigenvalue weighted by Gasteiger charge is 2.02. The van der Waals surface area contributed by atoms with E-state index in [-0.39, 0.29) is 5.78 Å². The second-order valence-electron chi connectivity index (χ2n) is 2.68. The molecule has 0 saturated carbocycles. The van der Waals surface area contributed by atoms with Gasteiger partial charge in [-0.3, -0.25) is 4.79 Å². The third-order valence-corrected chi connectivity index (χ3v) is 2.17. The van der Waals surface area contributed by atoms with Crippen molar-refractivity contribution in [3.63, 3.8) is 0 Å². The van der Waals surface area contributed by atoms with Gasteiger partial charge in [-0.15, -0.1) is 0 Å². The van der Waals surface area contributed by atoms with Crippen LogP contribution in [0.3, 0.4) is 0 Å². The summed E-state index contributed by atoms with van der Waals surface area (Å²) in [5, 5.41) is 0. The number of aromatic amines is 1. The molecule has 0 unspecified atom stereocenters. The molecular weight excluding hydrogens is 170 g/mol. The Morgan fingerprint density at radius 2 is 2.33 bits per heavy atom. The summed E-state index contributed by atoms with van der Waals surface area (Å²) in [5.74, 6) is 0.143. The Kier molecular flexibility index (Phi) is 2.76. The van der Waals surface area contributed by atoms with Gasteiger partial charge < -0.3 is 4.98 Å². The molecule has 1 aromatic rings. The molecule has 0 spiro atoms. The molecule has 0 aliphatic heterocycles. The number of Topliss-reactive ketones (excluding diaryl/α,β-unsaturated/α-hetero) is 1. The van der Waals surface area contributed by atoms with Gasteiger partial charge in [-0.2, -0.15) is 0 Å². The molecule has 0 aliphatic rings. The molecule has 0 amide bonds. The molecule has 1 N–H and O–H groups in total. The summed E-state index contributed by atoms with van der Waals surface area (Å²) in [6, 6.07) is 1.82. The van der Waals surface area contributed by atoms with Crippen LogP contribution < -0.4 is 0 Å². The zero-order chi connectivity index (χ0) is 9.14. The number of ketones is 1. The number of pyridine rings is 1. The molecule has 0 fully saturated rings. The molecule has 0 atom stereocenters. The lowest BCUT2D eigenvalue weighted by Crippen LogP contribution is -1.98. The van der Waals surface area contributed by atoms with Gasteiger partial charge >= 0.3 is 0 Å². The minimum atomic E-state index is 0.143. The first kappa shape index (κ1) is 9.13. The highest BCUT2D eigenvalue weighted by atomic mass is 32.1. The summed E-state index contributed by atoms with van der Waals surface area (Å²) < 4.78 is 0.697. The van der Waals surface area contributed by atoms with E-state index >= 15 is 0 Å². The maximum absolute atomic E-state index is 11.2. The Morgan fingerprint density at radius 1 is 1.67 bits per heavy atom. The molecule has 1 rings (SSSR count). The van der Waals surface area contributed by atoms with Crippen molar-refractivity contribution in [1.29, 1.82) is 0 Å². The molecule has 0 aliphatic carbocycles. The summed E-state index contributed by atoms with van der Waals surface area (Å²) in [7, 11) is 0. The lowest BCUT2D eigenvalue weighted by molar-refractivity contribution is 0.0987. The van der Waals surface area contributed by atoms with E-state index in [2.05, 4.69) is 4.98 Å². The van der Waals surface area contributed by atoms with Crippen molar-refractivity contribution in [3.8, 4) is 0 Å². The van der Waals surface area contributed by atoms with E-state index in [1.54, 1.807) is 6.20 Å². The monoisotopic (exact) mass is 181 g/mol. The van der Waals surface area contributed by atoms with Crippen LogP contribution >= 0.6 is 12.2 Å². The molecular formula is C9H11NOS. The van der Waals surface area contributed by atoms with E-state index < -0.39 is 0 Å². The third kappa shape index (κ3) is 1.80. The molecule has 3 heteroatoms. The molecule has 0 aromatic carbocycles. The number of carbonyl (C=O) groups is 1. The van der Waals surface area contributed by atoms with Gasteiger partial charge in [-0.05, 0) is 18.6 Å². The first-order valence-corrected chi connectivity index (χ1v) is 4.28. The lowest BCUT2D eigenvalue weighted by atomic mass is 10.1. The summed E-state index contributed by atoms with van der Waals surface area (Å²) in [6.07, 6.45) is 2.20. The number of rotatable bonds is 2. The number of nitrogens with one attached hydrogen (secondary N) is 1. The molecule has 64 valence electrons. The fourth-order valence-electron chi connectivity index (χ4n) is 0.963. The number of hydrogen-bond acceptors (Lipinski definition) is 2. The van der Waals surface area contributed by atoms with Crippen molar-refractivity contribution >= 4 is 18.0 Å². The first-order chi connectivity index (χ1) is 5.65. The Hall–Kier alpha value is -0.960. The number of hydrogen-bond donors (Lipinski definition) is 1. The van der Waals surface area contributed by atoms with Gasteiger partial charge in [-0.25, -0.2) is 0 Å². The fraction of sp³-hybridized carbons (Fsp3) is 0.333. The van der Waals surface area contributed by atoms with Crippen LogP contribution in [0.1, 0.15) is 29.3 Å². The van der Waals surface area contributed by atoms with Gasteiger partial charge in [0.15, 0.2) is 5.78 Å². The Morgan fingerprint density at radius 3 is 2.83 bits per heavy atom. The SMILES string of the molecule is CCC(=O)c1c[nH]c(=S)c(C)c1. The third-order valence-electron chi connectivity index (χ3n) is 1.73. The average Bonchev–Trinajstić information content (AvgIpc) is 2.08. The highest BCUT2D eigenvalue weighted by Crippen LogP contribution is 2.05. The normalized spacial score (nSPS) is 9.83. The zero-order valence-corrected chi connectivity index (χ0v) is 7.99. The van der Waals surface area contributed by atoms with Gasteiger partial charge in [0, 0.05) is 18.2 Å². The van der Waals surface area contributed by atoms with E-state index in [0.717, 1.165) is 5.56 Å². The van der Waals surface area contributed by atoms with Gasteiger partial charge in [0.2, 0.25) is 0 Å². The summed E-state index contributed by atoms with van der Waals surface area (Å²) in [6.45, 7) is 3.74. The van der Waals surface area contributed by atoms with Crippen LogP contribution in [-0.2, 0) is 0 Å². The predicted molar refractivity (Wildman–Crippen MR) is 51.0 cm³/mol. The number of aryl methyl sites for hydroxylation is 1. The standard InChI is InChI=1S/C9H11NOS/c1-3-8(11)7-4-6(2)9(12)10-5-7/h4-5H,3H2,1-2H3,(H,10,12). The number of carbonyl (C=O) groups excluding carboxylic acids is 1. The Bertz CT molecular complexity index is 354. The molecule has 2 nitrogen and oxygen atoms in total. The van der Waals surface area contributed by atoms with Gasteiger partial charge in [0.25, 0.3) is 0 Å². The van der Waals surface area contributed by atoms with E-state index in [4.69, 9.17) is 12.2 Å². The average molecular weight is 181 g/mol. The van der Waals surface area contributed by atoms with Crippen molar-refractivity contribution < 1.29 is 4.79 Å². The molecule has 0 radical (unpaired) electrons. The van der Waals surface area contributed by atoms with Crippen molar-refractivity contribution in [3.05, 3.63) is 28.0 Å². The molecule has 1 aromatic heterocycles. The number of H-pyrrole nitrogens is 1. The minimum absolute atomic E-state index is 0.143. The lowest BCUT2D eigenvalue weighted by Gasteiger charge is -1.98. The van der Waals surface area contributed by atoms with Crippen molar-refractivity contribution in [2.75, 3.05) is 0 Å². The zero-order valence-electron chi connectivity index (χ0n) is 7.18. The topological polar surface area (TPSA) is 32.9 Å². The molecule has 0 saturated heterocycles. The van der Waals surface area contributed by atoms with E-state index in [0.29, 0.717) is 16.6 Å². The summed E-state index contributed by atoms with van der Waals surface area (Å²) in [5.41, 5.74) is 1.66. The fourth-order valence-corrected chi connectivity index (χ4v) is 1.08. The van der Waals surface area contributed by atoms with Crippen molar-refractivity contribution in [2.24, 2.45) is 0 Å². The van der Waals surface area contributed by atoms with E-state index in [9.17, 15) is 4.79 Å². The van der Waals surface area contributed by atoms with Crippen LogP contribution in [0.5, 0.6) is 0 Å². The van der Waals surface area contributed by atoms with Crippen LogP contribution in [-0.4, -0.2) is 10.8 Å². The highest BCUT2D eigenvalue weighted by molar-refractivity contribution is 7.71. The maximum Gasteiger partial charge on any atom is 0.164 e. The largest absolute Gasteiger partial charge is 0.352 e. The van der Waals surface area contributed by atoms with Crippen molar-refractivity contribution in [1.82, 2.24) is 4.98 Å². The van der Waals surface area contributed by atoms with Gasteiger partial charge in [0.1, 0.15) is 4.64 Å². The van der Waals surface area contributed by atoms with Crippen LogP contribution in [0.15, 0.2) is 12.3 Å². The number of aromatic nitrogens is 1. The van der Waals surface area contributed by atoms with Crippen LogP contribution in [0.2, 0.25) is 0 Å². The van der Waals surface area contributed by atoms with Crippen LogP contribution in [0.25, 0.3) is 0 Å². The van der Waals surface area contributed by atoms with Gasteiger partial charge in [0.05, 0.1) is 0 Å². The molecule has 0 bridgehead atoms. The summed E-state index contributed by atoms with van der Waals surface area (Å²) >= 11 is 4.97. The second kappa shape index (κ2) is 3.63. The smallest absolute Gasteiger partial charge is 0.164 e. The molecule has 12 heavy (non-hydrogen) atoms. The van der Waals surface area contributed by atoms with Crippen LogP contribution in [0.4, 0.5) is 0 Å². The van der Waals surface area contributed by atoms with Gasteiger partial charge in [-0.1, -0.05) is 19.1 Å². The minimum Gasteiger partial charge on any atom is -0.352 e. The van der Waals surface area contributed by atoms with Crippen LogP contribution in [0, 0.1) is 11.6 Å². The maximum atomic E-state index is 11.2. The summed E-state index contributed by atoms with van der Waals surface area (Å²) in [4.78, 5) is 14.1. The molecule has 1 heterocycles. The Balaban J connectivity index is 3.13.